The van der Waals surface area contributed by atoms with Gasteiger partial charge in [0, 0.05) is 37.9 Å². The van der Waals surface area contributed by atoms with E-state index in [-0.39, 0.29) is 24.2 Å². The Morgan fingerprint density at radius 1 is 1.08 bits per heavy atom. The van der Waals surface area contributed by atoms with Crippen LogP contribution in [-0.2, 0) is 6.18 Å². The number of para-hydroxylation sites is 1. The maximum Gasteiger partial charge on any atom is 0.418 e. The smallest absolute Gasteiger partial charge is 0.389 e. The van der Waals surface area contributed by atoms with E-state index in [9.17, 15) is 28.5 Å². The summed E-state index contributed by atoms with van der Waals surface area (Å²) < 4.78 is 39.7. The lowest BCUT2D eigenvalue weighted by Gasteiger charge is -2.43. The average Bonchev–Trinajstić information content (AvgIpc) is 3.05. The van der Waals surface area contributed by atoms with Gasteiger partial charge in [0.2, 0.25) is 0 Å². The molecule has 0 aliphatic carbocycles. The molecule has 26 heavy (non-hydrogen) atoms. The standard InChI is InChI=1S/C18H25F3N2O3/c1-11-16(25)17(26)15(24)10-23(11)9-12-6-7-22(8-12)14-5-3-2-4-13(14)18(19,20)21/h2-5,11-12,15-17,24-26H,6-10H2,1H3/t11-,12-,15+,16-,17-/m1/s1. The van der Waals surface area contributed by atoms with Gasteiger partial charge in [-0.25, -0.2) is 0 Å². The molecule has 3 N–H and O–H groups in total. The van der Waals surface area contributed by atoms with E-state index in [1.165, 1.54) is 12.1 Å². The predicted molar refractivity (Wildman–Crippen MR) is 90.8 cm³/mol. The molecule has 0 radical (unpaired) electrons. The molecular formula is C18H25F3N2O3. The number of nitrogens with zero attached hydrogens (tertiary/aromatic N) is 2. The lowest BCUT2D eigenvalue weighted by Crippen LogP contribution is -2.60. The van der Waals surface area contributed by atoms with Gasteiger partial charge in [-0.15, -0.1) is 0 Å². The van der Waals surface area contributed by atoms with Gasteiger partial charge in [0.25, 0.3) is 0 Å². The third-order valence-corrected chi connectivity index (χ3v) is 5.56. The number of aliphatic hydroxyl groups is 3. The quantitative estimate of drug-likeness (QED) is 0.745. The number of anilines is 1. The summed E-state index contributed by atoms with van der Waals surface area (Å²) in [6, 6.07) is 5.29. The summed E-state index contributed by atoms with van der Waals surface area (Å²) in [5.74, 6) is 0.133. The SMILES string of the molecule is C[C@@H]1[C@@H](O)[C@H](O)[C@@H](O)CN1C[C@@H]1CCN(c2ccccc2C(F)(F)F)C1. The first-order valence-corrected chi connectivity index (χ1v) is 8.88. The number of alkyl halides is 3. The summed E-state index contributed by atoms with van der Waals surface area (Å²) in [4.78, 5) is 3.66. The minimum Gasteiger partial charge on any atom is -0.389 e. The van der Waals surface area contributed by atoms with Gasteiger partial charge >= 0.3 is 6.18 Å². The van der Waals surface area contributed by atoms with Gasteiger partial charge in [-0.2, -0.15) is 13.2 Å². The molecule has 5 atom stereocenters. The van der Waals surface area contributed by atoms with Crippen molar-refractivity contribution in [1.29, 1.82) is 0 Å². The zero-order valence-electron chi connectivity index (χ0n) is 14.6. The number of piperidine rings is 1. The Hall–Kier alpha value is -1.35. The minimum absolute atomic E-state index is 0.133. The summed E-state index contributed by atoms with van der Waals surface area (Å²) in [7, 11) is 0. The van der Waals surface area contributed by atoms with Crippen LogP contribution in [0, 0.1) is 5.92 Å². The third kappa shape index (κ3) is 3.83. The number of β-amino-alcohol motifs (C(OH)–C–C–N with tert-alkyl or cyclic N) is 1. The first-order valence-electron chi connectivity index (χ1n) is 8.88. The van der Waals surface area contributed by atoms with Crippen molar-refractivity contribution in [2.75, 3.05) is 31.1 Å². The van der Waals surface area contributed by atoms with E-state index in [0.29, 0.717) is 19.6 Å². The molecular weight excluding hydrogens is 349 g/mol. The van der Waals surface area contributed by atoms with Crippen molar-refractivity contribution in [2.45, 2.75) is 43.9 Å². The normalized spacial score (nSPS) is 33.7. The molecule has 146 valence electrons. The number of aliphatic hydroxyl groups excluding tert-OH is 3. The number of hydrogen-bond acceptors (Lipinski definition) is 5. The highest BCUT2D eigenvalue weighted by Crippen LogP contribution is 2.38. The van der Waals surface area contributed by atoms with Crippen molar-refractivity contribution in [3.05, 3.63) is 29.8 Å². The van der Waals surface area contributed by atoms with Crippen LogP contribution in [0.3, 0.4) is 0 Å². The van der Waals surface area contributed by atoms with E-state index >= 15 is 0 Å². The average molecular weight is 374 g/mol. The highest BCUT2D eigenvalue weighted by atomic mass is 19.4. The van der Waals surface area contributed by atoms with E-state index in [1.54, 1.807) is 17.9 Å². The molecule has 8 heteroatoms. The van der Waals surface area contributed by atoms with Crippen LogP contribution in [0.4, 0.5) is 18.9 Å². The van der Waals surface area contributed by atoms with Crippen LogP contribution in [-0.4, -0.2) is 70.8 Å². The number of benzene rings is 1. The number of halogens is 3. The second kappa shape index (κ2) is 7.34. The topological polar surface area (TPSA) is 67.2 Å². The fraction of sp³-hybridized carbons (Fsp3) is 0.667. The van der Waals surface area contributed by atoms with Crippen LogP contribution in [0.2, 0.25) is 0 Å². The highest BCUT2D eigenvalue weighted by Gasteiger charge is 2.41. The third-order valence-electron chi connectivity index (χ3n) is 5.56. The van der Waals surface area contributed by atoms with Gasteiger partial charge in [0.1, 0.15) is 6.10 Å². The van der Waals surface area contributed by atoms with Crippen molar-refractivity contribution >= 4 is 5.69 Å². The number of hydrogen-bond donors (Lipinski definition) is 3. The monoisotopic (exact) mass is 374 g/mol. The van der Waals surface area contributed by atoms with E-state index in [4.69, 9.17) is 0 Å². The second-order valence-corrected chi connectivity index (χ2v) is 7.36. The van der Waals surface area contributed by atoms with Gasteiger partial charge in [0.15, 0.2) is 0 Å². The van der Waals surface area contributed by atoms with Crippen LogP contribution < -0.4 is 4.90 Å². The molecule has 0 saturated carbocycles. The fourth-order valence-corrected chi connectivity index (χ4v) is 4.01. The Bertz CT molecular complexity index is 628. The molecule has 2 fully saturated rings. The van der Waals surface area contributed by atoms with Gasteiger partial charge < -0.3 is 20.2 Å². The Morgan fingerprint density at radius 3 is 2.46 bits per heavy atom. The molecule has 0 unspecified atom stereocenters. The summed E-state index contributed by atoms with van der Waals surface area (Å²) >= 11 is 0. The maximum absolute atomic E-state index is 13.2. The van der Waals surface area contributed by atoms with E-state index in [0.717, 1.165) is 12.5 Å². The van der Waals surface area contributed by atoms with Gasteiger partial charge in [0.05, 0.1) is 17.8 Å². The van der Waals surface area contributed by atoms with Gasteiger partial charge in [-0.3, -0.25) is 4.90 Å². The molecule has 2 aliphatic heterocycles. The Balaban J connectivity index is 1.67. The lowest BCUT2D eigenvalue weighted by molar-refractivity contribution is -0.137. The van der Waals surface area contributed by atoms with Crippen molar-refractivity contribution in [3.8, 4) is 0 Å². The van der Waals surface area contributed by atoms with Crippen molar-refractivity contribution in [3.63, 3.8) is 0 Å². The van der Waals surface area contributed by atoms with E-state index < -0.39 is 30.1 Å². The molecule has 0 aromatic heterocycles. The summed E-state index contributed by atoms with van der Waals surface area (Å²) in [6.07, 6.45) is -6.88. The first-order chi connectivity index (χ1) is 12.2. The lowest BCUT2D eigenvalue weighted by atomic mass is 9.93. The molecule has 2 heterocycles. The summed E-state index contributed by atoms with van der Waals surface area (Å²) in [5, 5.41) is 29.7. The molecule has 2 aliphatic rings. The Kier molecular flexibility index (Phi) is 5.48. The molecule has 5 nitrogen and oxygen atoms in total. The maximum atomic E-state index is 13.2. The van der Waals surface area contributed by atoms with Crippen molar-refractivity contribution < 1.29 is 28.5 Å². The fourth-order valence-electron chi connectivity index (χ4n) is 4.01. The van der Waals surface area contributed by atoms with Gasteiger partial charge in [-0.05, 0) is 31.4 Å². The van der Waals surface area contributed by atoms with Crippen LogP contribution in [0.5, 0.6) is 0 Å². The minimum atomic E-state index is -4.39. The molecule has 2 saturated heterocycles. The molecule has 0 amide bonds. The highest BCUT2D eigenvalue weighted by molar-refractivity contribution is 5.55. The van der Waals surface area contributed by atoms with E-state index in [1.807, 2.05) is 4.90 Å². The molecule has 0 bridgehead atoms. The number of rotatable bonds is 3. The van der Waals surface area contributed by atoms with Crippen LogP contribution in [0.1, 0.15) is 18.9 Å². The first kappa shape index (κ1) is 19.4. The van der Waals surface area contributed by atoms with Crippen molar-refractivity contribution in [1.82, 2.24) is 4.90 Å². The van der Waals surface area contributed by atoms with E-state index in [2.05, 4.69) is 0 Å². The zero-order chi connectivity index (χ0) is 19.1. The largest absolute Gasteiger partial charge is 0.418 e. The van der Waals surface area contributed by atoms with Crippen LogP contribution >= 0.6 is 0 Å². The molecule has 1 aromatic rings. The summed E-state index contributed by atoms with van der Waals surface area (Å²) in [6.45, 7) is 3.62. The molecule has 1 aromatic carbocycles. The van der Waals surface area contributed by atoms with Crippen molar-refractivity contribution in [2.24, 2.45) is 5.92 Å². The van der Waals surface area contributed by atoms with Crippen LogP contribution in [0.25, 0.3) is 0 Å². The van der Waals surface area contributed by atoms with Crippen LogP contribution in [0.15, 0.2) is 24.3 Å². The Morgan fingerprint density at radius 2 is 1.77 bits per heavy atom. The molecule has 0 spiro atoms. The Labute approximate surface area is 150 Å². The predicted octanol–water partition coefficient (Wildman–Crippen LogP) is 1.32. The summed E-state index contributed by atoms with van der Waals surface area (Å²) in [5.41, 5.74) is -0.425. The molecule has 3 rings (SSSR count). The zero-order valence-corrected chi connectivity index (χ0v) is 14.6. The second-order valence-electron chi connectivity index (χ2n) is 7.36. The number of likely N-dealkylation sites (tertiary alicyclic amines) is 1. The van der Waals surface area contributed by atoms with Gasteiger partial charge in [-0.1, -0.05) is 12.1 Å².